The number of fused-ring (bicyclic) bond motifs is 1. The number of rotatable bonds is 4. The van der Waals surface area contributed by atoms with Crippen molar-refractivity contribution < 1.29 is 4.42 Å². The molecule has 0 aromatic carbocycles. The molecule has 0 saturated carbocycles. The molecule has 1 aliphatic rings. The lowest BCUT2D eigenvalue weighted by atomic mass is 9.90. The molecule has 3 aromatic rings. The number of hydrogen-bond donors (Lipinski definition) is 0. The molecule has 136 valence electrons. The van der Waals surface area contributed by atoms with Gasteiger partial charge < -0.3 is 4.42 Å². The molecule has 1 fully saturated rings. The van der Waals surface area contributed by atoms with Crippen LogP contribution in [0.25, 0.3) is 11.1 Å². The Labute approximate surface area is 155 Å². The SMILES string of the molecule is Cc1cc(C[C@H]2CCCN(C(C)c3cnc4ccoc4c3)C2)cc(C)n1. The van der Waals surface area contributed by atoms with E-state index >= 15 is 0 Å². The second-order valence-corrected chi connectivity index (χ2v) is 7.71. The maximum atomic E-state index is 5.53. The zero-order valence-corrected chi connectivity index (χ0v) is 15.9. The van der Waals surface area contributed by atoms with Crippen molar-refractivity contribution in [3.8, 4) is 0 Å². The number of hydrogen-bond acceptors (Lipinski definition) is 4. The summed E-state index contributed by atoms with van der Waals surface area (Å²) in [6.07, 6.45) is 7.42. The van der Waals surface area contributed by atoms with Crippen LogP contribution in [0.5, 0.6) is 0 Å². The molecule has 3 aromatic heterocycles. The van der Waals surface area contributed by atoms with E-state index in [4.69, 9.17) is 4.42 Å². The topological polar surface area (TPSA) is 42.2 Å². The van der Waals surface area contributed by atoms with Crippen molar-refractivity contribution >= 4 is 11.1 Å². The molecule has 0 N–H and O–H groups in total. The molecule has 1 unspecified atom stereocenters. The second-order valence-electron chi connectivity index (χ2n) is 7.71. The van der Waals surface area contributed by atoms with Gasteiger partial charge >= 0.3 is 0 Å². The third-order valence-electron chi connectivity index (χ3n) is 5.57. The molecule has 2 atom stereocenters. The van der Waals surface area contributed by atoms with Crippen LogP contribution in [0.4, 0.5) is 0 Å². The number of piperidine rings is 1. The highest BCUT2D eigenvalue weighted by atomic mass is 16.3. The predicted octanol–water partition coefficient (Wildman–Crippen LogP) is 4.86. The molecule has 4 heterocycles. The van der Waals surface area contributed by atoms with Gasteiger partial charge in [-0.05, 0) is 81.8 Å². The van der Waals surface area contributed by atoms with Crippen molar-refractivity contribution in [2.24, 2.45) is 5.92 Å². The minimum atomic E-state index is 0.362. The first-order valence-corrected chi connectivity index (χ1v) is 9.60. The Hall–Kier alpha value is -2.20. The van der Waals surface area contributed by atoms with E-state index < -0.39 is 0 Å². The maximum absolute atomic E-state index is 5.53. The summed E-state index contributed by atoms with van der Waals surface area (Å²) in [7, 11) is 0. The number of nitrogens with zero attached hydrogens (tertiary/aromatic N) is 3. The molecule has 0 radical (unpaired) electrons. The molecule has 0 bridgehead atoms. The van der Waals surface area contributed by atoms with Crippen molar-refractivity contribution in [3.05, 3.63) is 59.2 Å². The van der Waals surface area contributed by atoms with Gasteiger partial charge in [-0.1, -0.05) is 0 Å². The lowest BCUT2D eigenvalue weighted by Crippen LogP contribution is -2.38. The summed E-state index contributed by atoms with van der Waals surface area (Å²) in [5.74, 6) is 0.702. The van der Waals surface area contributed by atoms with Crippen LogP contribution in [0, 0.1) is 19.8 Å². The molecule has 0 amide bonds. The Balaban J connectivity index is 1.47. The molecular weight excluding hydrogens is 322 g/mol. The summed E-state index contributed by atoms with van der Waals surface area (Å²) in [4.78, 5) is 11.6. The van der Waals surface area contributed by atoms with Gasteiger partial charge in [-0.25, -0.2) is 0 Å². The van der Waals surface area contributed by atoms with Crippen molar-refractivity contribution in [1.29, 1.82) is 0 Å². The summed E-state index contributed by atoms with van der Waals surface area (Å²) in [6, 6.07) is 8.90. The Kier molecular flexibility index (Phi) is 4.77. The van der Waals surface area contributed by atoms with Crippen molar-refractivity contribution in [2.75, 3.05) is 13.1 Å². The molecule has 4 rings (SSSR count). The van der Waals surface area contributed by atoms with Gasteiger partial charge in [-0.15, -0.1) is 0 Å². The van der Waals surface area contributed by atoms with Crippen LogP contribution in [0.1, 0.15) is 48.3 Å². The third kappa shape index (κ3) is 3.65. The van der Waals surface area contributed by atoms with Crippen molar-refractivity contribution in [1.82, 2.24) is 14.9 Å². The van der Waals surface area contributed by atoms with Crippen molar-refractivity contribution in [3.63, 3.8) is 0 Å². The molecule has 4 nitrogen and oxygen atoms in total. The Bertz CT molecular complexity index is 881. The van der Waals surface area contributed by atoms with Gasteiger partial charge in [0.05, 0.1) is 6.26 Å². The van der Waals surface area contributed by atoms with E-state index in [2.05, 4.69) is 53.8 Å². The Morgan fingerprint density at radius 3 is 2.85 bits per heavy atom. The van der Waals surface area contributed by atoms with Crippen LogP contribution in [0.2, 0.25) is 0 Å². The molecule has 1 aliphatic heterocycles. The minimum absolute atomic E-state index is 0.362. The monoisotopic (exact) mass is 349 g/mol. The van der Waals surface area contributed by atoms with Gasteiger partial charge in [-0.3, -0.25) is 14.9 Å². The average molecular weight is 349 g/mol. The number of likely N-dealkylation sites (tertiary alicyclic amines) is 1. The highest BCUT2D eigenvalue weighted by Gasteiger charge is 2.25. The zero-order chi connectivity index (χ0) is 18.1. The molecule has 26 heavy (non-hydrogen) atoms. The van der Waals surface area contributed by atoms with Crippen molar-refractivity contribution in [2.45, 2.75) is 46.1 Å². The normalized spacial score (nSPS) is 19.7. The van der Waals surface area contributed by atoms with E-state index in [9.17, 15) is 0 Å². The standard InChI is InChI=1S/C22H27N3O/c1-15-9-19(10-16(2)24-15)11-18-5-4-7-25(14-18)17(3)20-12-22-21(23-13-20)6-8-26-22/h6,8-10,12-13,17-18H,4-5,7,11,14H2,1-3H3/t17?,18-/m1/s1. The summed E-state index contributed by atoms with van der Waals surface area (Å²) in [6.45, 7) is 8.75. The number of furan rings is 1. The van der Waals surface area contributed by atoms with Gasteiger partial charge in [0.2, 0.25) is 0 Å². The largest absolute Gasteiger partial charge is 0.463 e. The summed E-state index contributed by atoms with van der Waals surface area (Å²) in [5.41, 5.74) is 6.72. The number of aromatic nitrogens is 2. The highest BCUT2D eigenvalue weighted by Crippen LogP contribution is 2.29. The first-order valence-electron chi connectivity index (χ1n) is 9.60. The maximum Gasteiger partial charge on any atom is 0.152 e. The first kappa shape index (κ1) is 17.2. The molecule has 4 heteroatoms. The third-order valence-corrected chi connectivity index (χ3v) is 5.57. The average Bonchev–Trinajstić information content (AvgIpc) is 3.08. The van der Waals surface area contributed by atoms with E-state index in [1.54, 1.807) is 6.26 Å². The van der Waals surface area contributed by atoms with Crippen LogP contribution < -0.4 is 0 Å². The van der Waals surface area contributed by atoms with Gasteiger partial charge in [0, 0.05) is 36.2 Å². The Morgan fingerprint density at radius 2 is 2.04 bits per heavy atom. The van der Waals surface area contributed by atoms with Crippen LogP contribution >= 0.6 is 0 Å². The fourth-order valence-electron chi connectivity index (χ4n) is 4.29. The summed E-state index contributed by atoms with van der Waals surface area (Å²) in [5, 5.41) is 0. The fraction of sp³-hybridized carbons (Fsp3) is 0.455. The van der Waals surface area contributed by atoms with Crippen LogP contribution in [0.3, 0.4) is 0 Å². The second kappa shape index (κ2) is 7.20. The summed E-state index contributed by atoms with van der Waals surface area (Å²) >= 11 is 0. The summed E-state index contributed by atoms with van der Waals surface area (Å²) < 4.78 is 5.53. The van der Waals surface area contributed by atoms with Gasteiger partial charge in [-0.2, -0.15) is 0 Å². The molecule has 0 aliphatic carbocycles. The van der Waals surface area contributed by atoms with E-state index in [1.807, 2.05) is 12.3 Å². The Morgan fingerprint density at radius 1 is 1.23 bits per heavy atom. The molecule has 0 spiro atoms. The van der Waals surface area contributed by atoms with Crippen LogP contribution in [-0.4, -0.2) is 28.0 Å². The number of pyridine rings is 2. The number of aryl methyl sites for hydroxylation is 2. The van der Waals surface area contributed by atoms with E-state index in [0.717, 1.165) is 42.0 Å². The minimum Gasteiger partial charge on any atom is -0.463 e. The van der Waals surface area contributed by atoms with Crippen LogP contribution in [-0.2, 0) is 6.42 Å². The molecule has 1 saturated heterocycles. The quantitative estimate of drug-likeness (QED) is 0.675. The van der Waals surface area contributed by atoms with Gasteiger partial charge in [0.1, 0.15) is 5.52 Å². The van der Waals surface area contributed by atoms with Crippen LogP contribution in [0.15, 0.2) is 41.1 Å². The van der Waals surface area contributed by atoms with E-state index in [0.29, 0.717) is 12.0 Å². The lowest BCUT2D eigenvalue weighted by Gasteiger charge is -2.37. The lowest BCUT2D eigenvalue weighted by molar-refractivity contribution is 0.131. The molecular formula is C22H27N3O. The first-order chi connectivity index (χ1) is 12.6. The zero-order valence-electron chi connectivity index (χ0n) is 15.9. The van der Waals surface area contributed by atoms with E-state index in [-0.39, 0.29) is 0 Å². The fourth-order valence-corrected chi connectivity index (χ4v) is 4.29. The highest BCUT2D eigenvalue weighted by molar-refractivity contribution is 5.72. The van der Waals surface area contributed by atoms with Gasteiger partial charge in [0.25, 0.3) is 0 Å². The smallest absolute Gasteiger partial charge is 0.152 e. The van der Waals surface area contributed by atoms with E-state index in [1.165, 1.54) is 24.0 Å². The predicted molar refractivity (Wildman–Crippen MR) is 104 cm³/mol. The van der Waals surface area contributed by atoms with Gasteiger partial charge in [0.15, 0.2) is 5.58 Å².